The van der Waals surface area contributed by atoms with E-state index in [9.17, 15) is 0 Å². The summed E-state index contributed by atoms with van der Waals surface area (Å²) in [5.74, 6) is 1.24. The number of hydrogen-bond acceptors (Lipinski definition) is 5. The van der Waals surface area contributed by atoms with E-state index in [1.54, 1.807) is 17.9 Å². The Bertz CT molecular complexity index is 569. The van der Waals surface area contributed by atoms with Crippen molar-refractivity contribution in [2.75, 3.05) is 12.4 Å². The predicted molar refractivity (Wildman–Crippen MR) is 73.3 cm³/mol. The number of nitrogens with zero attached hydrogens (tertiary/aromatic N) is 4. The van der Waals surface area contributed by atoms with Gasteiger partial charge in [-0.3, -0.25) is 0 Å². The lowest BCUT2D eigenvalue weighted by Gasteiger charge is -2.08. The van der Waals surface area contributed by atoms with Crippen LogP contribution < -0.4 is 10.1 Å². The number of allylic oxidation sites excluding steroid dienone is 1. The highest BCUT2D eigenvalue weighted by Gasteiger charge is 2.05. The van der Waals surface area contributed by atoms with Crippen LogP contribution in [0.5, 0.6) is 5.75 Å². The third-order valence-corrected chi connectivity index (χ3v) is 2.80. The number of halogens is 1. The molecule has 2 rings (SSSR count). The van der Waals surface area contributed by atoms with E-state index in [-0.39, 0.29) is 0 Å². The molecule has 1 aromatic carbocycles. The van der Waals surface area contributed by atoms with Crippen LogP contribution in [0.3, 0.4) is 0 Å². The minimum atomic E-state index is 0.554. The SMILES string of the molecule is C=CCn1nnnc1NCc1ccc(OC)c(Cl)c1. The average Bonchev–Trinajstić information content (AvgIpc) is 2.84. The standard InChI is InChI=1S/C12H14ClN5O/c1-3-6-18-12(15-16-17-18)14-8-9-4-5-11(19-2)10(13)7-9/h3-5,7H,1,6,8H2,2H3,(H,14,15,17). The number of hydrogen-bond donors (Lipinski definition) is 1. The van der Waals surface area contributed by atoms with Gasteiger partial charge < -0.3 is 10.1 Å². The minimum Gasteiger partial charge on any atom is -0.495 e. The number of ether oxygens (including phenoxy) is 1. The molecule has 2 aromatic rings. The third-order valence-electron chi connectivity index (χ3n) is 2.50. The van der Waals surface area contributed by atoms with E-state index in [0.717, 1.165) is 5.56 Å². The normalized spacial score (nSPS) is 10.2. The monoisotopic (exact) mass is 279 g/mol. The Morgan fingerprint density at radius 3 is 3.05 bits per heavy atom. The van der Waals surface area contributed by atoms with Crippen molar-refractivity contribution in [2.24, 2.45) is 0 Å². The van der Waals surface area contributed by atoms with Crippen molar-refractivity contribution >= 4 is 17.5 Å². The molecule has 0 radical (unpaired) electrons. The maximum atomic E-state index is 6.06. The lowest BCUT2D eigenvalue weighted by atomic mass is 10.2. The Balaban J connectivity index is 2.04. The summed E-state index contributed by atoms with van der Waals surface area (Å²) in [5.41, 5.74) is 1.01. The second-order valence-electron chi connectivity index (χ2n) is 3.80. The lowest BCUT2D eigenvalue weighted by Crippen LogP contribution is -2.08. The van der Waals surface area contributed by atoms with Gasteiger partial charge in [-0.15, -0.1) is 6.58 Å². The van der Waals surface area contributed by atoms with Crippen LogP contribution in [-0.2, 0) is 13.1 Å². The van der Waals surface area contributed by atoms with Gasteiger partial charge in [0, 0.05) is 6.54 Å². The molecule has 0 saturated carbocycles. The molecule has 1 aromatic heterocycles. The first-order valence-electron chi connectivity index (χ1n) is 5.68. The van der Waals surface area contributed by atoms with E-state index in [1.165, 1.54) is 0 Å². The first kappa shape index (κ1) is 13.4. The summed E-state index contributed by atoms with van der Waals surface area (Å²) in [5, 5.41) is 15.0. The van der Waals surface area contributed by atoms with Gasteiger partial charge in [-0.2, -0.15) is 0 Å². The summed E-state index contributed by atoms with van der Waals surface area (Å²) in [7, 11) is 1.59. The van der Waals surface area contributed by atoms with Gasteiger partial charge in [0.2, 0.25) is 5.95 Å². The fraction of sp³-hybridized carbons (Fsp3) is 0.250. The molecule has 0 atom stereocenters. The molecule has 100 valence electrons. The fourth-order valence-corrected chi connectivity index (χ4v) is 1.86. The molecule has 0 fully saturated rings. The smallest absolute Gasteiger partial charge is 0.243 e. The second kappa shape index (κ2) is 6.19. The number of methoxy groups -OCH3 is 1. The van der Waals surface area contributed by atoms with Crippen molar-refractivity contribution in [3.8, 4) is 5.75 Å². The molecule has 0 unspecified atom stereocenters. The van der Waals surface area contributed by atoms with Gasteiger partial charge in [-0.25, -0.2) is 4.68 Å². The summed E-state index contributed by atoms with van der Waals surface area (Å²) < 4.78 is 6.72. The molecule has 1 heterocycles. The second-order valence-corrected chi connectivity index (χ2v) is 4.20. The molecule has 0 amide bonds. The maximum absolute atomic E-state index is 6.06. The number of anilines is 1. The molecule has 7 heteroatoms. The van der Waals surface area contributed by atoms with Crippen LogP contribution in [0.15, 0.2) is 30.9 Å². The zero-order valence-electron chi connectivity index (χ0n) is 10.5. The number of benzene rings is 1. The van der Waals surface area contributed by atoms with Crippen LogP contribution in [0.4, 0.5) is 5.95 Å². The van der Waals surface area contributed by atoms with Crippen molar-refractivity contribution in [1.82, 2.24) is 20.2 Å². The first-order valence-corrected chi connectivity index (χ1v) is 6.05. The lowest BCUT2D eigenvalue weighted by molar-refractivity contribution is 0.415. The fourth-order valence-electron chi connectivity index (χ4n) is 1.58. The van der Waals surface area contributed by atoms with Gasteiger partial charge in [-0.05, 0) is 28.1 Å². The van der Waals surface area contributed by atoms with Crippen molar-refractivity contribution < 1.29 is 4.74 Å². The molecule has 19 heavy (non-hydrogen) atoms. The van der Waals surface area contributed by atoms with E-state index in [2.05, 4.69) is 27.4 Å². The molecule has 0 aliphatic heterocycles. The molecule has 0 aliphatic carbocycles. The molecule has 6 nitrogen and oxygen atoms in total. The van der Waals surface area contributed by atoms with Gasteiger partial charge >= 0.3 is 0 Å². The van der Waals surface area contributed by atoms with E-state index >= 15 is 0 Å². The zero-order valence-corrected chi connectivity index (χ0v) is 11.3. The first-order chi connectivity index (χ1) is 9.24. The van der Waals surface area contributed by atoms with E-state index in [1.807, 2.05) is 18.2 Å². The Kier molecular flexibility index (Phi) is 4.35. The molecule has 1 N–H and O–H groups in total. The van der Waals surface area contributed by atoms with Crippen molar-refractivity contribution in [3.05, 3.63) is 41.4 Å². The number of aromatic nitrogens is 4. The summed E-state index contributed by atoms with van der Waals surface area (Å²) in [6, 6.07) is 5.60. The largest absolute Gasteiger partial charge is 0.495 e. The summed E-state index contributed by atoms with van der Waals surface area (Å²) in [6.07, 6.45) is 1.73. The zero-order chi connectivity index (χ0) is 13.7. The van der Waals surface area contributed by atoms with Gasteiger partial charge in [0.05, 0.1) is 18.7 Å². The Hall–Kier alpha value is -2.08. The van der Waals surface area contributed by atoms with Gasteiger partial charge in [0.15, 0.2) is 0 Å². The molecule has 0 bridgehead atoms. The molecule has 0 spiro atoms. The van der Waals surface area contributed by atoms with Crippen LogP contribution in [-0.4, -0.2) is 27.3 Å². The maximum Gasteiger partial charge on any atom is 0.243 e. The van der Waals surface area contributed by atoms with Crippen molar-refractivity contribution in [2.45, 2.75) is 13.1 Å². The summed E-state index contributed by atoms with van der Waals surface area (Å²) >= 11 is 6.06. The van der Waals surface area contributed by atoms with Gasteiger partial charge in [0.25, 0.3) is 0 Å². The molecule has 0 aliphatic rings. The van der Waals surface area contributed by atoms with Gasteiger partial charge in [-0.1, -0.05) is 28.8 Å². The van der Waals surface area contributed by atoms with E-state index < -0.39 is 0 Å². The number of tetrazole rings is 1. The Morgan fingerprint density at radius 2 is 2.37 bits per heavy atom. The van der Waals surface area contributed by atoms with E-state index in [4.69, 9.17) is 16.3 Å². The Morgan fingerprint density at radius 1 is 1.53 bits per heavy atom. The van der Waals surface area contributed by atoms with Crippen LogP contribution >= 0.6 is 11.6 Å². The quantitative estimate of drug-likeness (QED) is 0.821. The molecular formula is C12H14ClN5O. The number of rotatable bonds is 6. The predicted octanol–water partition coefficient (Wildman–Crippen LogP) is 2.13. The van der Waals surface area contributed by atoms with Crippen LogP contribution in [0.2, 0.25) is 5.02 Å². The van der Waals surface area contributed by atoms with Crippen LogP contribution in [0.25, 0.3) is 0 Å². The van der Waals surface area contributed by atoms with Crippen LogP contribution in [0, 0.1) is 0 Å². The highest BCUT2D eigenvalue weighted by atomic mass is 35.5. The number of nitrogens with one attached hydrogen (secondary N) is 1. The summed E-state index contributed by atoms with van der Waals surface area (Å²) in [6.45, 7) is 4.78. The Labute approximate surface area is 116 Å². The molecule has 0 saturated heterocycles. The highest BCUT2D eigenvalue weighted by molar-refractivity contribution is 6.32. The minimum absolute atomic E-state index is 0.554. The highest BCUT2D eigenvalue weighted by Crippen LogP contribution is 2.25. The van der Waals surface area contributed by atoms with Crippen LogP contribution in [0.1, 0.15) is 5.56 Å². The molecular weight excluding hydrogens is 266 g/mol. The van der Waals surface area contributed by atoms with Crippen molar-refractivity contribution in [3.63, 3.8) is 0 Å². The summed E-state index contributed by atoms with van der Waals surface area (Å²) in [4.78, 5) is 0. The topological polar surface area (TPSA) is 64.9 Å². The average molecular weight is 280 g/mol. The van der Waals surface area contributed by atoms with Crippen molar-refractivity contribution in [1.29, 1.82) is 0 Å². The third kappa shape index (κ3) is 3.23. The van der Waals surface area contributed by atoms with E-state index in [0.29, 0.717) is 29.8 Å². The van der Waals surface area contributed by atoms with Gasteiger partial charge in [0.1, 0.15) is 5.75 Å².